The zero-order valence-electron chi connectivity index (χ0n) is 22.5. The molecule has 0 aliphatic carbocycles. The van der Waals surface area contributed by atoms with Crippen molar-refractivity contribution in [1.82, 2.24) is 19.5 Å². The van der Waals surface area contributed by atoms with Crippen LogP contribution in [0, 0.1) is 5.92 Å². The second-order valence-corrected chi connectivity index (χ2v) is 13.3. The highest BCUT2D eigenvalue weighted by Gasteiger charge is 2.54. The molecule has 2 aliphatic heterocycles. The summed E-state index contributed by atoms with van der Waals surface area (Å²) in [5.41, 5.74) is 1.49. The number of amides is 2. The molecule has 0 radical (unpaired) electrons. The maximum absolute atomic E-state index is 13.7. The minimum absolute atomic E-state index is 0.0524. The van der Waals surface area contributed by atoms with Crippen LogP contribution in [0.4, 0.5) is 0 Å². The highest BCUT2D eigenvalue weighted by atomic mass is 32.2. The number of benzene rings is 1. The van der Waals surface area contributed by atoms with Crippen LogP contribution in [0.25, 0.3) is 0 Å². The third kappa shape index (κ3) is 5.51. The quantitative estimate of drug-likeness (QED) is 0.577. The van der Waals surface area contributed by atoms with E-state index in [1.165, 1.54) is 21.5 Å². The number of aromatic nitrogens is 1. The van der Waals surface area contributed by atoms with Gasteiger partial charge in [-0.15, -0.1) is 0 Å². The number of ketones is 1. The molecule has 9 nitrogen and oxygen atoms in total. The molecule has 4 rings (SSSR count). The van der Waals surface area contributed by atoms with E-state index in [-0.39, 0.29) is 47.0 Å². The Kier molecular flexibility index (Phi) is 7.76. The molecular weight excluding hydrogens is 504 g/mol. The van der Waals surface area contributed by atoms with Gasteiger partial charge >= 0.3 is 0 Å². The zero-order chi connectivity index (χ0) is 27.8. The van der Waals surface area contributed by atoms with Crippen molar-refractivity contribution in [2.75, 3.05) is 13.1 Å². The van der Waals surface area contributed by atoms with Crippen LogP contribution in [-0.2, 0) is 25.0 Å². The van der Waals surface area contributed by atoms with Crippen LogP contribution in [0.2, 0.25) is 0 Å². The lowest BCUT2D eigenvalue weighted by molar-refractivity contribution is -0.138. The van der Waals surface area contributed by atoms with E-state index in [1.54, 1.807) is 24.3 Å². The van der Waals surface area contributed by atoms with E-state index < -0.39 is 28.1 Å². The molecule has 0 spiro atoms. The Balaban J connectivity index is 1.53. The summed E-state index contributed by atoms with van der Waals surface area (Å²) in [4.78, 5) is 45.3. The van der Waals surface area contributed by atoms with Gasteiger partial charge in [-0.05, 0) is 54.0 Å². The van der Waals surface area contributed by atoms with E-state index >= 15 is 0 Å². The molecule has 2 saturated heterocycles. The molecule has 38 heavy (non-hydrogen) atoms. The van der Waals surface area contributed by atoms with Crippen molar-refractivity contribution in [1.29, 1.82) is 0 Å². The SMILES string of the molecule is CC(C)CC(NC(=O)c1ccc(C(C)(C)C)cc1)C(=O)N1CCC2C1C(=O)CN2S(=O)(=O)c1ccccn1. The average Bonchev–Trinajstić information content (AvgIpc) is 3.44. The van der Waals surface area contributed by atoms with Crippen molar-refractivity contribution >= 4 is 27.6 Å². The molecule has 0 saturated carbocycles. The topological polar surface area (TPSA) is 117 Å². The number of sulfonamides is 1. The third-order valence-electron chi connectivity index (χ3n) is 7.19. The van der Waals surface area contributed by atoms with E-state index in [1.807, 2.05) is 26.0 Å². The summed E-state index contributed by atoms with van der Waals surface area (Å²) in [7, 11) is -3.99. The Labute approximate surface area is 224 Å². The summed E-state index contributed by atoms with van der Waals surface area (Å²) in [6, 6.07) is 9.55. The average molecular weight is 541 g/mol. The van der Waals surface area contributed by atoms with E-state index in [9.17, 15) is 22.8 Å². The molecule has 3 heterocycles. The number of nitrogens with one attached hydrogen (secondary N) is 1. The van der Waals surface area contributed by atoms with Gasteiger partial charge in [0.05, 0.1) is 12.6 Å². The van der Waals surface area contributed by atoms with Crippen LogP contribution in [0.5, 0.6) is 0 Å². The van der Waals surface area contributed by atoms with Crippen LogP contribution >= 0.6 is 0 Å². The maximum Gasteiger partial charge on any atom is 0.261 e. The summed E-state index contributed by atoms with van der Waals surface area (Å²) in [5.74, 6) is -0.951. The Morgan fingerprint density at radius 2 is 1.79 bits per heavy atom. The van der Waals surface area contributed by atoms with Gasteiger partial charge in [0, 0.05) is 18.3 Å². The number of likely N-dealkylation sites (tertiary alicyclic amines) is 1. The normalized spacial score (nSPS) is 21.0. The monoisotopic (exact) mass is 540 g/mol. The lowest BCUT2D eigenvalue weighted by Crippen LogP contribution is -2.53. The molecule has 2 amide bonds. The molecule has 3 unspecified atom stereocenters. The fraction of sp³-hybridized carbons (Fsp3) is 0.500. The molecule has 2 aliphatic rings. The highest BCUT2D eigenvalue weighted by Crippen LogP contribution is 2.34. The fourth-order valence-corrected chi connectivity index (χ4v) is 6.78. The van der Waals surface area contributed by atoms with Crippen molar-refractivity contribution in [3.63, 3.8) is 0 Å². The van der Waals surface area contributed by atoms with Gasteiger partial charge in [-0.2, -0.15) is 4.31 Å². The highest BCUT2D eigenvalue weighted by molar-refractivity contribution is 7.89. The van der Waals surface area contributed by atoms with E-state index in [0.717, 1.165) is 5.56 Å². The number of carbonyl (C=O) groups is 3. The number of hydrogen-bond acceptors (Lipinski definition) is 6. The predicted octanol–water partition coefficient (Wildman–Crippen LogP) is 2.77. The minimum Gasteiger partial charge on any atom is -0.340 e. The first-order valence-corrected chi connectivity index (χ1v) is 14.4. The summed E-state index contributed by atoms with van der Waals surface area (Å²) in [5, 5.41) is 2.75. The number of carbonyl (C=O) groups excluding carboxylic acids is 3. The summed E-state index contributed by atoms with van der Waals surface area (Å²) >= 11 is 0. The van der Waals surface area contributed by atoms with Gasteiger partial charge in [0.1, 0.15) is 12.1 Å². The second kappa shape index (κ2) is 10.6. The maximum atomic E-state index is 13.7. The Bertz CT molecular complexity index is 1300. The predicted molar refractivity (Wildman–Crippen MR) is 143 cm³/mol. The largest absolute Gasteiger partial charge is 0.340 e. The second-order valence-electron chi connectivity index (χ2n) is 11.5. The minimum atomic E-state index is -3.99. The summed E-state index contributed by atoms with van der Waals surface area (Å²) in [6.45, 7) is 10.1. The Morgan fingerprint density at radius 3 is 2.37 bits per heavy atom. The van der Waals surface area contributed by atoms with Crippen LogP contribution in [0.15, 0.2) is 53.7 Å². The van der Waals surface area contributed by atoms with E-state index in [0.29, 0.717) is 18.4 Å². The molecule has 10 heteroatoms. The molecule has 2 fully saturated rings. The molecule has 204 valence electrons. The third-order valence-corrected chi connectivity index (χ3v) is 8.98. The van der Waals surface area contributed by atoms with Gasteiger partial charge in [0.15, 0.2) is 10.8 Å². The van der Waals surface area contributed by atoms with E-state index in [4.69, 9.17) is 0 Å². The van der Waals surface area contributed by atoms with Crippen molar-refractivity contribution in [3.8, 4) is 0 Å². The first-order chi connectivity index (χ1) is 17.8. The molecule has 0 bridgehead atoms. The van der Waals surface area contributed by atoms with Crippen molar-refractivity contribution in [2.45, 2.75) is 76.0 Å². The number of fused-ring (bicyclic) bond motifs is 1. The van der Waals surface area contributed by atoms with Crippen LogP contribution in [0.1, 0.15) is 63.4 Å². The van der Waals surface area contributed by atoms with Gasteiger partial charge in [-0.25, -0.2) is 13.4 Å². The molecular formula is C28H36N4O5S. The van der Waals surface area contributed by atoms with Crippen molar-refractivity contribution in [2.24, 2.45) is 5.92 Å². The molecule has 3 atom stereocenters. The van der Waals surface area contributed by atoms with Crippen molar-refractivity contribution in [3.05, 3.63) is 59.8 Å². The first kappa shape index (κ1) is 27.9. The number of rotatable bonds is 7. The lowest BCUT2D eigenvalue weighted by Gasteiger charge is -2.29. The standard InChI is InChI=1S/C28H36N4O5S/c1-18(2)16-21(30-26(34)19-9-11-20(12-10-19)28(3,4)5)27(35)31-15-13-22-25(31)23(33)17-32(22)38(36,37)24-8-6-7-14-29-24/h6-12,14,18,21-22,25H,13,15-17H2,1-5H3,(H,30,34). The van der Waals surface area contributed by atoms with Gasteiger partial charge in [-0.1, -0.05) is 52.8 Å². The molecule has 1 aromatic heterocycles. The molecule has 1 N–H and O–H groups in total. The fourth-order valence-electron chi connectivity index (χ4n) is 5.22. The van der Waals surface area contributed by atoms with Gasteiger partial charge in [-0.3, -0.25) is 14.4 Å². The van der Waals surface area contributed by atoms with Crippen molar-refractivity contribution < 1.29 is 22.8 Å². The lowest BCUT2D eigenvalue weighted by atomic mass is 9.86. The number of pyridine rings is 1. The van der Waals surface area contributed by atoms with Gasteiger partial charge < -0.3 is 10.2 Å². The van der Waals surface area contributed by atoms with Crippen LogP contribution < -0.4 is 5.32 Å². The van der Waals surface area contributed by atoms with Crippen LogP contribution in [-0.4, -0.2) is 71.4 Å². The molecule has 1 aromatic carbocycles. The van der Waals surface area contributed by atoms with E-state index in [2.05, 4.69) is 31.1 Å². The zero-order valence-corrected chi connectivity index (χ0v) is 23.4. The van der Waals surface area contributed by atoms with Gasteiger partial charge in [0.25, 0.3) is 15.9 Å². The summed E-state index contributed by atoms with van der Waals surface area (Å²) in [6.07, 6.45) is 2.12. The Morgan fingerprint density at radius 1 is 1.11 bits per heavy atom. The summed E-state index contributed by atoms with van der Waals surface area (Å²) < 4.78 is 27.6. The number of hydrogen-bond donors (Lipinski definition) is 1. The first-order valence-electron chi connectivity index (χ1n) is 13.0. The Hall–Kier alpha value is -3.11. The number of Topliss-reactive ketones (excluding diaryl/α,β-unsaturated/α-hetero) is 1. The smallest absolute Gasteiger partial charge is 0.261 e. The number of nitrogens with zero attached hydrogens (tertiary/aromatic N) is 3. The van der Waals surface area contributed by atoms with Crippen LogP contribution in [0.3, 0.4) is 0 Å². The molecule has 2 aromatic rings. The van der Waals surface area contributed by atoms with Gasteiger partial charge in [0.2, 0.25) is 5.91 Å².